The normalized spacial score (nSPS) is 13.3. The maximum atomic E-state index is 15.4. The quantitative estimate of drug-likeness (QED) is 0.165. The average molecular weight is 1090 g/mol. The highest BCUT2D eigenvalue weighted by molar-refractivity contribution is 6.24. The molecule has 0 unspecified atom stereocenters. The zero-order valence-corrected chi connectivity index (χ0v) is 46.1. The first-order chi connectivity index (χ1) is 42.5. The van der Waals surface area contributed by atoms with Gasteiger partial charge in [0.05, 0.1) is 38.5 Å². The topological polar surface area (TPSA) is 47.9 Å². The molecule has 1 spiro atoms. The van der Waals surface area contributed by atoms with Gasteiger partial charge in [0.2, 0.25) is 0 Å². The molecule has 0 N–H and O–H groups in total. The molecule has 0 saturated heterocycles. The second-order valence-corrected chi connectivity index (χ2v) is 23.7. The van der Waals surface area contributed by atoms with Gasteiger partial charge in [-0.2, -0.15) is 0 Å². The SMILES string of the molecule is O=c1c2ccccc2c2cc(-c3ccc4c(c3)C3(c5ccccc5-c5ccccc53)c3ccc(-c5ccc6c(c5)c(=O)n5c7ccccc7c7cc(-c8ccc9c(c8)c8ccccc8n9-c8ccccc8)cc6c75)cc3-4)cc3c4ccccc4n1c23. The van der Waals surface area contributed by atoms with Crippen LogP contribution in [-0.4, -0.2) is 13.4 Å². The number of rotatable bonds is 4. The highest BCUT2D eigenvalue weighted by atomic mass is 16.1. The summed E-state index contributed by atoms with van der Waals surface area (Å²) < 4.78 is 6.25. The van der Waals surface area contributed by atoms with Crippen molar-refractivity contribution >= 4 is 97.7 Å². The first kappa shape index (κ1) is 46.1. The third kappa shape index (κ3) is 5.74. The minimum atomic E-state index is -0.600. The molecule has 0 saturated carbocycles. The molecule has 18 aromatic rings. The van der Waals surface area contributed by atoms with Crippen LogP contribution in [0.4, 0.5) is 0 Å². The van der Waals surface area contributed by atoms with Crippen molar-refractivity contribution in [3.05, 3.63) is 316 Å². The second-order valence-electron chi connectivity index (χ2n) is 23.7. The van der Waals surface area contributed by atoms with Gasteiger partial charge in [-0.15, -0.1) is 0 Å². The van der Waals surface area contributed by atoms with Crippen LogP contribution in [0.1, 0.15) is 22.3 Å². The van der Waals surface area contributed by atoms with Gasteiger partial charge in [0.25, 0.3) is 11.1 Å². The number of nitrogens with zero attached hydrogens (tertiary/aromatic N) is 3. The average Bonchev–Trinajstić information content (AvgIpc) is 1.56. The molecule has 13 aromatic carbocycles. The van der Waals surface area contributed by atoms with E-state index in [1.165, 1.54) is 60.8 Å². The molecule has 0 radical (unpaired) electrons. The second kappa shape index (κ2) is 16.4. The van der Waals surface area contributed by atoms with Crippen LogP contribution in [0.25, 0.3) is 159 Å². The summed E-state index contributed by atoms with van der Waals surface area (Å²) in [6.45, 7) is 0. The summed E-state index contributed by atoms with van der Waals surface area (Å²) in [5.41, 5.74) is 22.9. The Labute approximate surface area is 491 Å². The number of benzene rings is 13. The minimum Gasteiger partial charge on any atom is -0.309 e. The Kier molecular flexibility index (Phi) is 8.82. The van der Waals surface area contributed by atoms with Crippen LogP contribution in [0.2, 0.25) is 0 Å². The predicted octanol–water partition coefficient (Wildman–Crippen LogP) is 19.1. The zero-order valence-electron chi connectivity index (χ0n) is 46.1. The molecule has 0 aliphatic heterocycles. The predicted molar refractivity (Wildman–Crippen MR) is 355 cm³/mol. The van der Waals surface area contributed by atoms with Crippen LogP contribution in [0.5, 0.6) is 0 Å². The van der Waals surface area contributed by atoms with Gasteiger partial charge in [0.15, 0.2) is 0 Å². The molecule has 2 aliphatic carbocycles. The van der Waals surface area contributed by atoms with Gasteiger partial charge < -0.3 is 4.57 Å². The van der Waals surface area contributed by atoms with Gasteiger partial charge in [-0.1, -0.05) is 182 Å². The van der Waals surface area contributed by atoms with Gasteiger partial charge in [-0.25, -0.2) is 0 Å². The van der Waals surface area contributed by atoms with Crippen LogP contribution in [0.15, 0.2) is 283 Å². The van der Waals surface area contributed by atoms with E-state index in [2.05, 4.69) is 247 Å². The summed E-state index contributed by atoms with van der Waals surface area (Å²) in [6.07, 6.45) is 0. The van der Waals surface area contributed by atoms with Crippen LogP contribution in [0.3, 0.4) is 0 Å². The largest absolute Gasteiger partial charge is 0.309 e. The lowest BCUT2D eigenvalue weighted by atomic mass is 9.70. The molecule has 5 heteroatoms. The van der Waals surface area contributed by atoms with Crippen molar-refractivity contribution in [2.75, 3.05) is 0 Å². The smallest absolute Gasteiger partial charge is 0.263 e. The standard InChI is InChI=1S/C81H45N3O2/c85-79-61-24-5-4-18-53(61)64-42-51(44-67-59-22-9-14-28-74(59)83(79)77(64)67)49-31-35-57-62-38-47(32-36-71(62)81(72(57)45-49)69-25-11-6-19-55(69)56-20-7-12-26-70(56)81)46-30-34-54-65-41-50(43-66-60-23-10-15-29-75(60)84(78(65)66)80(86)68(54)40-46)48-33-37-76-63(39-48)58-21-8-13-27-73(58)82(76)52-16-2-1-3-17-52/h1-45H. The molecule has 86 heavy (non-hydrogen) atoms. The minimum absolute atomic E-state index is 0.00850. The number of fused-ring (bicyclic) bond motifs is 23. The molecule has 0 fully saturated rings. The number of pyridine rings is 2. The molecule has 0 atom stereocenters. The number of aromatic nitrogens is 3. The van der Waals surface area contributed by atoms with Crippen LogP contribution >= 0.6 is 0 Å². The first-order valence-corrected chi connectivity index (χ1v) is 29.6. The number of hydrogen-bond acceptors (Lipinski definition) is 2. The molecule has 5 heterocycles. The van der Waals surface area contributed by atoms with E-state index in [4.69, 9.17) is 0 Å². The summed E-state index contributed by atoms with van der Waals surface area (Å²) in [6, 6.07) is 98.6. The molecule has 396 valence electrons. The third-order valence-electron chi connectivity index (χ3n) is 19.7. The van der Waals surface area contributed by atoms with E-state index in [0.717, 1.165) is 110 Å². The van der Waals surface area contributed by atoms with Crippen molar-refractivity contribution in [2.24, 2.45) is 0 Å². The first-order valence-electron chi connectivity index (χ1n) is 29.6. The van der Waals surface area contributed by atoms with Crippen molar-refractivity contribution in [2.45, 2.75) is 5.41 Å². The fraction of sp³-hybridized carbons (Fsp3) is 0.0123. The molecular weight excluding hydrogens is 1050 g/mol. The van der Waals surface area contributed by atoms with Crippen molar-refractivity contribution in [1.82, 2.24) is 13.4 Å². The molecule has 5 aromatic heterocycles. The van der Waals surface area contributed by atoms with Crippen molar-refractivity contribution in [1.29, 1.82) is 0 Å². The third-order valence-corrected chi connectivity index (χ3v) is 19.7. The van der Waals surface area contributed by atoms with E-state index >= 15 is 4.79 Å². The van der Waals surface area contributed by atoms with E-state index < -0.39 is 5.41 Å². The van der Waals surface area contributed by atoms with Crippen LogP contribution < -0.4 is 11.1 Å². The Morgan fingerprint density at radius 2 is 0.640 bits per heavy atom. The lowest BCUT2D eigenvalue weighted by molar-refractivity contribution is 0.794. The zero-order chi connectivity index (χ0) is 56.3. The summed E-state index contributed by atoms with van der Waals surface area (Å²) in [7, 11) is 0. The summed E-state index contributed by atoms with van der Waals surface area (Å²) in [5.74, 6) is 0. The van der Waals surface area contributed by atoms with E-state index in [0.29, 0.717) is 10.8 Å². The summed E-state index contributed by atoms with van der Waals surface area (Å²) in [5, 5.41) is 12.1. The van der Waals surface area contributed by atoms with Gasteiger partial charge in [0.1, 0.15) is 0 Å². The van der Waals surface area contributed by atoms with E-state index in [9.17, 15) is 4.79 Å². The van der Waals surface area contributed by atoms with Gasteiger partial charge >= 0.3 is 0 Å². The Morgan fingerprint density at radius 1 is 0.233 bits per heavy atom. The molecule has 0 bridgehead atoms. The molecule has 5 nitrogen and oxygen atoms in total. The fourth-order valence-electron chi connectivity index (χ4n) is 16.2. The maximum Gasteiger partial charge on any atom is 0.263 e. The van der Waals surface area contributed by atoms with E-state index in [1.54, 1.807) is 0 Å². The van der Waals surface area contributed by atoms with Crippen molar-refractivity contribution < 1.29 is 0 Å². The summed E-state index contributed by atoms with van der Waals surface area (Å²) in [4.78, 5) is 29.7. The molecule has 0 amide bonds. The van der Waals surface area contributed by atoms with Crippen molar-refractivity contribution in [3.8, 4) is 61.3 Å². The highest BCUT2D eigenvalue weighted by Crippen LogP contribution is 2.63. The number of para-hydroxylation sites is 4. The Bertz CT molecular complexity index is 6150. The highest BCUT2D eigenvalue weighted by Gasteiger charge is 2.51. The van der Waals surface area contributed by atoms with Gasteiger partial charge in [0, 0.05) is 59.5 Å². The van der Waals surface area contributed by atoms with E-state index in [1.807, 2.05) is 39.1 Å². The van der Waals surface area contributed by atoms with Gasteiger partial charge in [-0.3, -0.25) is 18.4 Å². The lowest BCUT2D eigenvalue weighted by Crippen LogP contribution is -2.25. The van der Waals surface area contributed by atoms with Crippen molar-refractivity contribution in [3.63, 3.8) is 0 Å². The lowest BCUT2D eigenvalue weighted by Gasteiger charge is -2.31. The monoisotopic (exact) mass is 1090 g/mol. The number of hydrogen-bond donors (Lipinski definition) is 0. The van der Waals surface area contributed by atoms with Crippen LogP contribution in [-0.2, 0) is 5.41 Å². The summed E-state index contributed by atoms with van der Waals surface area (Å²) >= 11 is 0. The Balaban J connectivity index is 0.787. The fourth-order valence-corrected chi connectivity index (χ4v) is 16.2. The Morgan fingerprint density at radius 3 is 1.30 bits per heavy atom. The molecular formula is C81H45N3O2. The van der Waals surface area contributed by atoms with Crippen LogP contribution in [0, 0.1) is 0 Å². The molecule has 2 aliphatic rings. The molecule has 20 rings (SSSR count). The maximum absolute atomic E-state index is 15.4. The Hall–Kier alpha value is -11.4. The van der Waals surface area contributed by atoms with E-state index in [-0.39, 0.29) is 11.1 Å². The van der Waals surface area contributed by atoms with Gasteiger partial charge in [-0.05, 0) is 180 Å².